The van der Waals surface area contributed by atoms with E-state index in [-0.39, 0.29) is 5.92 Å². The Morgan fingerprint density at radius 2 is 2.09 bits per heavy atom. The minimum absolute atomic E-state index is 0.242. The molecule has 58 valence electrons. The zero-order valence-corrected chi connectivity index (χ0v) is 6.79. The number of rotatable bonds is 2. The minimum Gasteiger partial charge on any atom is -0.276 e. The Morgan fingerprint density at radius 3 is 2.64 bits per heavy atom. The number of halogens is 1. The molecule has 0 aliphatic heterocycles. The SMILES string of the molecule is O=C(Cl)/C=C/C1C=CCC=C1. The molecule has 2 heteroatoms. The molecule has 1 aliphatic rings. The van der Waals surface area contributed by atoms with Crippen molar-refractivity contribution in [3.05, 3.63) is 36.5 Å². The molecule has 0 saturated heterocycles. The summed E-state index contributed by atoms with van der Waals surface area (Å²) in [6.45, 7) is 0. The monoisotopic (exact) mass is 168 g/mol. The maximum atomic E-state index is 10.3. The van der Waals surface area contributed by atoms with E-state index in [9.17, 15) is 4.79 Å². The zero-order valence-electron chi connectivity index (χ0n) is 6.03. The van der Waals surface area contributed by atoms with Gasteiger partial charge in [0.15, 0.2) is 0 Å². The van der Waals surface area contributed by atoms with Crippen LogP contribution in [0.1, 0.15) is 6.42 Å². The lowest BCUT2D eigenvalue weighted by molar-refractivity contribution is -0.107. The van der Waals surface area contributed by atoms with Gasteiger partial charge in [0.1, 0.15) is 0 Å². The second-order valence-corrected chi connectivity index (χ2v) is 2.71. The van der Waals surface area contributed by atoms with Gasteiger partial charge in [-0.25, -0.2) is 0 Å². The van der Waals surface area contributed by atoms with Crippen molar-refractivity contribution in [2.45, 2.75) is 6.42 Å². The molecule has 0 amide bonds. The van der Waals surface area contributed by atoms with Gasteiger partial charge in [0.05, 0.1) is 0 Å². The van der Waals surface area contributed by atoms with Crippen LogP contribution in [-0.4, -0.2) is 5.24 Å². The smallest absolute Gasteiger partial charge is 0.244 e. The lowest BCUT2D eigenvalue weighted by Gasteiger charge is -2.02. The highest BCUT2D eigenvalue weighted by atomic mass is 35.5. The first-order valence-corrected chi connectivity index (χ1v) is 3.88. The third kappa shape index (κ3) is 3.19. The molecule has 0 bridgehead atoms. The Hall–Kier alpha value is -0.820. The summed E-state index contributed by atoms with van der Waals surface area (Å²) in [6, 6.07) is 0. The lowest BCUT2D eigenvalue weighted by Crippen LogP contribution is -1.90. The quantitative estimate of drug-likeness (QED) is 0.352. The van der Waals surface area contributed by atoms with Crippen molar-refractivity contribution < 1.29 is 4.79 Å². The van der Waals surface area contributed by atoms with Crippen LogP contribution < -0.4 is 0 Å². The Kier molecular flexibility index (Phi) is 3.12. The molecule has 0 atom stereocenters. The molecule has 0 fully saturated rings. The maximum absolute atomic E-state index is 10.3. The van der Waals surface area contributed by atoms with Crippen molar-refractivity contribution in [1.82, 2.24) is 0 Å². The number of allylic oxidation sites excluding steroid dienone is 6. The molecule has 0 N–H and O–H groups in total. The predicted octanol–water partition coefficient (Wildman–Crippen LogP) is 2.44. The van der Waals surface area contributed by atoms with Crippen molar-refractivity contribution in [1.29, 1.82) is 0 Å². The summed E-state index contributed by atoms with van der Waals surface area (Å²) >= 11 is 5.12. The van der Waals surface area contributed by atoms with Crippen LogP contribution in [0.2, 0.25) is 0 Å². The summed E-state index contributed by atoms with van der Waals surface area (Å²) in [5.41, 5.74) is 0. The van der Waals surface area contributed by atoms with E-state index in [1.54, 1.807) is 6.08 Å². The van der Waals surface area contributed by atoms with E-state index in [0.29, 0.717) is 0 Å². The summed E-state index contributed by atoms with van der Waals surface area (Å²) in [7, 11) is 0. The van der Waals surface area contributed by atoms with E-state index in [4.69, 9.17) is 11.6 Å². The minimum atomic E-state index is -0.419. The fraction of sp³-hybridized carbons (Fsp3) is 0.222. The van der Waals surface area contributed by atoms with Crippen LogP contribution in [0, 0.1) is 5.92 Å². The molecular formula is C9H9ClO. The first-order valence-electron chi connectivity index (χ1n) is 3.50. The van der Waals surface area contributed by atoms with Gasteiger partial charge in [0.25, 0.3) is 0 Å². The fourth-order valence-electron chi connectivity index (χ4n) is 0.929. The van der Waals surface area contributed by atoms with Gasteiger partial charge in [0.2, 0.25) is 5.24 Å². The average molecular weight is 169 g/mol. The Morgan fingerprint density at radius 1 is 1.45 bits per heavy atom. The van der Waals surface area contributed by atoms with E-state index < -0.39 is 5.24 Å². The molecular weight excluding hydrogens is 160 g/mol. The number of carbonyl (C=O) groups excluding carboxylic acids is 1. The Balaban J connectivity index is 2.48. The second-order valence-electron chi connectivity index (χ2n) is 2.33. The molecule has 0 aromatic carbocycles. The maximum Gasteiger partial charge on any atom is 0.244 e. The van der Waals surface area contributed by atoms with Gasteiger partial charge in [-0.15, -0.1) is 0 Å². The first kappa shape index (κ1) is 8.28. The van der Waals surface area contributed by atoms with Gasteiger partial charge >= 0.3 is 0 Å². The van der Waals surface area contributed by atoms with Crippen LogP contribution >= 0.6 is 11.6 Å². The molecule has 11 heavy (non-hydrogen) atoms. The summed E-state index contributed by atoms with van der Waals surface area (Å²) < 4.78 is 0. The zero-order chi connectivity index (χ0) is 8.10. The van der Waals surface area contributed by atoms with Gasteiger partial charge in [0, 0.05) is 5.92 Å². The summed E-state index contributed by atoms with van der Waals surface area (Å²) in [6.07, 6.45) is 12.3. The average Bonchev–Trinajstić information content (AvgIpc) is 2.03. The lowest BCUT2D eigenvalue weighted by atomic mass is 10.0. The molecule has 0 spiro atoms. The van der Waals surface area contributed by atoms with Crippen molar-refractivity contribution in [3.8, 4) is 0 Å². The van der Waals surface area contributed by atoms with E-state index in [0.717, 1.165) is 6.42 Å². The van der Waals surface area contributed by atoms with Crippen LogP contribution in [0.25, 0.3) is 0 Å². The van der Waals surface area contributed by atoms with Crippen LogP contribution in [0.3, 0.4) is 0 Å². The van der Waals surface area contributed by atoms with Crippen LogP contribution in [-0.2, 0) is 4.79 Å². The molecule has 1 nitrogen and oxygen atoms in total. The van der Waals surface area contributed by atoms with Crippen molar-refractivity contribution in [2.24, 2.45) is 5.92 Å². The molecule has 0 radical (unpaired) electrons. The topological polar surface area (TPSA) is 17.1 Å². The van der Waals surface area contributed by atoms with E-state index in [1.807, 2.05) is 12.2 Å². The third-order valence-corrected chi connectivity index (χ3v) is 1.56. The Bertz CT molecular complexity index is 214. The van der Waals surface area contributed by atoms with Crippen LogP contribution in [0.15, 0.2) is 36.5 Å². The van der Waals surface area contributed by atoms with Crippen molar-refractivity contribution in [2.75, 3.05) is 0 Å². The number of carbonyl (C=O) groups is 1. The van der Waals surface area contributed by atoms with Gasteiger partial charge in [-0.05, 0) is 24.1 Å². The van der Waals surface area contributed by atoms with Crippen LogP contribution in [0.5, 0.6) is 0 Å². The van der Waals surface area contributed by atoms with E-state index >= 15 is 0 Å². The molecule has 0 unspecified atom stereocenters. The first-order chi connectivity index (χ1) is 5.29. The van der Waals surface area contributed by atoms with Crippen LogP contribution in [0.4, 0.5) is 0 Å². The molecule has 0 aromatic rings. The highest BCUT2D eigenvalue weighted by molar-refractivity contribution is 6.66. The fourth-order valence-corrected chi connectivity index (χ4v) is 1.00. The summed E-state index contributed by atoms with van der Waals surface area (Å²) in [5.74, 6) is 0.242. The standard InChI is InChI=1S/C9H9ClO/c10-9(11)7-6-8-4-2-1-3-5-8/h2-8H,1H2/b7-6+. The highest BCUT2D eigenvalue weighted by Gasteiger charge is 1.97. The van der Waals surface area contributed by atoms with E-state index in [2.05, 4.69) is 12.2 Å². The van der Waals surface area contributed by atoms with Gasteiger partial charge < -0.3 is 0 Å². The second kappa shape index (κ2) is 4.14. The van der Waals surface area contributed by atoms with Gasteiger partial charge in [-0.2, -0.15) is 0 Å². The number of hydrogen-bond acceptors (Lipinski definition) is 1. The normalized spacial score (nSPS) is 17.9. The van der Waals surface area contributed by atoms with Gasteiger partial charge in [-0.3, -0.25) is 4.79 Å². The summed E-state index contributed by atoms with van der Waals surface area (Å²) in [4.78, 5) is 10.3. The van der Waals surface area contributed by atoms with Gasteiger partial charge in [-0.1, -0.05) is 30.4 Å². The molecule has 0 aromatic heterocycles. The molecule has 0 heterocycles. The van der Waals surface area contributed by atoms with E-state index in [1.165, 1.54) is 6.08 Å². The molecule has 0 saturated carbocycles. The molecule has 1 rings (SSSR count). The van der Waals surface area contributed by atoms with Crippen molar-refractivity contribution in [3.63, 3.8) is 0 Å². The largest absolute Gasteiger partial charge is 0.276 e. The molecule has 1 aliphatic carbocycles. The summed E-state index contributed by atoms with van der Waals surface area (Å²) in [5, 5.41) is -0.419. The van der Waals surface area contributed by atoms with Crippen molar-refractivity contribution >= 4 is 16.8 Å². The predicted molar refractivity (Wildman–Crippen MR) is 46.4 cm³/mol. The third-order valence-electron chi connectivity index (χ3n) is 1.44. The Labute approximate surface area is 71.0 Å². The number of hydrogen-bond donors (Lipinski definition) is 0. The highest BCUT2D eigenvalue weighted by Crippen LogP contribution is 2.10.